The lowest BCUT2D eigenvalue weighted by Crippen LogP contribution is -2.26. The molecule has 0 unspecified atom stereocenters. The van der Waals surface area contributed by atoms with Crippen molar-refractivity contribution in [1.82, 2.24) is 0 Å². The predicted octanol–water partition coefficient (Wildman–Crippen LogP) is 3.14. The van der Waals surface area contributed by atoms with E-state index in [-0.39, 0.29) is 5.41 Å². The molecule has 0 aliphatic carbocycles. The maximum Gasteiger partial charge on any atom is 0.0345 e. The van der Waals surface area contributed by atoms with Crippen molar-refractivity contribution in [3.8, 4) is 0 Å². The molecule has 74 valence electrons. The summed E-state index contributed by atoms with van der Waals surface area (Å²) in [4.78, 5) is 1.38. The highest BCUT2D eigenvalue weighted by molar-refractivity contribution is 7.19. The van der Waals surface area contributed by atoms with E-state index in [0.717, 1.165) is 0 Å². The molecule has 0 saturated heterocycles. The number of nitrogens with two attached hydrogens (primary N) is 1. The highest BCUT2D eigenvalue weighted by Gasteiger charge is 2.20. The minimum Gasteiger partial charge on any atom is -0.330 e. The van der Waals surface area contributed by atoms with Crippen LogP contribution in [0.4, 0.5) is 0 Å². The van der Waals surface area contributed by atoms with E-state index in [2.05, 4.69) is 44.2 Å². The Morgan fingerprint density at radius 1 is 1.29 bits per heavy atom. The average molecular weight is 205 g/mol. The van der Waals surface area contributed by atoms with Crippen LogP contribution in [0.2, 0.25) is 0 Å². The van der Waals surface area contributed by atoms with Crippen LogP contribution in [0.1, 0.15) is 18.7 Å². The fourth-order valence-corrected chi connectivity index (χ4v) is 2.59. The standard InChI is InChI=1S/C12H15NS/c1-12(2,8-13)11-7-9-5-3-4-6-10(9)14-11/h3-7H,8,13H2,1-2H3. The van der Waals surface area contributed by atoms with Crippen LogP contribution in [0.15, 0.2) is 30.3 Å². The molecule has 1 aromatic heterocycles. The third-order valence-electron chi connectivity index (χ3n) is 2.60. The van der Waals surface area contributed by atoms with Crippen LogP contribution in [-0.2, 0) is 5.41 Å². The van der Waals surface area contributed by atoms with Crippen LogP contribution in [-0.4, -0.2) is 6.54 Å². The highest BCUT2D eigenvalue weighted by atomic mass is 32.1. The van der Waals surface area contributed by atoms with Crippen LogP contribution >= 0.6 is 11.3 Å². The summed E-state index contributed by atoms with van der Waals surface area (Å²) in [6.07, 6.45) is 0. The van der Waals surface area contributed by atoms with Gasteiger partial charge in [-0.3, -0.25) is 0 Å². The summed E-state index contributed by atoms with van der Waals surface area (Å²) in [5.41, 5.74) is 5.87. The maximum atomic E-state index is 5.77. The minimum absolute atomic E-state index is 0.101. The summed E-state index contributed by atoms with van der Waals surface area (Å²) in [6, 6.07) is 10.7. The van der Waals surface area contributed by atoms with Gasteiger partial charge in [0, 0.05) is 21.5 Å². The summed E-state index contributed by atoms with van der Waals surface area (Å²) < 4.78 is 1.35. The molecular weight excluding hydrogens is 190 g/mol. The van der Waals surface area contributed by atoms with Crippen molar-refractivity contribution in [2.75, 3.05) is 6.54 Å². The average Bonchev–Trinajstić information content (AvgIpc) is 2.61. The van der Waals surface area contributed by atoms with E-state index in [0.29, 0.717) is 6.54 Å². The molecule has 14 heavy (non-hydrogen) atoms. The molecule has 0 radical (unpaired) electrons. The van der Waals surface area contributed by atoms with Gasteiger partial charge in [-0.1, -0.05) is 32.0 Å². The Bertz CT molecular complexity index is 409. The zero-order valence-corrected chi connectivity index (χ0v) is 9.40. The molecule has 0 aliphatic heterocycles. The molecule has 0 amide bonds. The SMILES string of the molecule is CC(C)(CN)c1cc2ccccc2s1. The fourth-order valence-electron chi connectivity index (χ4n) is 1.42. The fraction of sp³-hybridized carbons (Fsp3) is 0.333. The molecule has 1 aromatic carbocycles. The molecule has 2 aromatic rings. The molecule has 0 atom stereocenters. The van der Waals surface area contributed by atoms with E-state index in [9.17, 15) is 0 Å². The van der Waals surface area contributed by atoms with Gasteiger partial charge < -0.3 is 5.73 Å². The molecule has 1 heterocycles. The molecule has 2 heteroatoms. The number of fused-ring (bicyclic) bond motifs is 1. The van der Waals surface area contributed by atoms with Crippen LogP contribution in [0.25, 0.3) is 10.1 Å². The largest absolute Gasteiger partial charge is 0.330 e. The first kappa shape index (κ1) is 9.69. The van der Waals surface area contributed by atoms with Crippen LogP contribution in [0.5, 0.6) is 0 Å². The van der Waals surface area contributed by atoms with Gasteiger partial charge >= 0.3 is 0 Å². The van der Waals surface area contributed by atoms with Gasteiger partial charge in [0.15, 0.2) is 0 Å². The van der Waals surface area contributed by atoms with Crippen LogP contribution in [0.3, 0.4) is 0 Å². The van der Waals surface area contributed by atoms with Gasteiger partial charge in [0.25, 0.3) is 0 Å². The second kappa shape index (κ2) is 3.37. The first-order chi connectivity index (χ1) is 6.63. The van der Waals surface area contributed by atoms with E-state index in [4.69, 9.17) is 5.73 Å². The van der Waals surface area contributed by atoms with Gasteiger partial charge in [-0.2, -0.15) is 0 Å². The second-order valence-corrected chi connectivity index (χ2v) is 5.32. The number of hydrogen-bond acceptors (Lipinski definition) is 2. The third-order valence-corrected chi connectivity index (χ3v) is 4.08. The number of thiophene rings is 1. The molecule has 0 fully saturated rings. The normalized spacial score (nSPS) is 12.2. The Morgan fingerprint density at radius 2 is 2.00 bits per heavy atom. The third kappa shape index (κ3) is 1.56. The van der Waals surface area contributed by atoms with Crippen molar-refractivity contribution in [3.05, 3.63) is 35.2 Å². The van der Waals surface area contributed by atoms with E-state index < -0.39 is 0 Å². The zero-order valence-electron chi connectivity index (χ0n) is 8.58. The smallest absolute Gasteiger partial charge is 0.0345 e. The monoisotopic (exact) mass is 205 g/mol. The van der Waals surface area contributed by atoms with E-state index in [1.807, 2.05) is 11.3 Å². The maximum absolute atomic E-state index is 5.77. The van der Waals surface area contributed by atoms with Gasteiger partial charge in [0.2, 0.25) is 0 Å². The van der Waals surface area contributed by atoms with Gasteiger partial charge in [-0.05, 0) is 17.5 Å². The Hall–Kier alpha value is -0.860. The molecule has 2 rings (SSSR count). The van der Waals surface area contributed by atoms with Gasteiger partial charge in [0.05, 0.1) is 0 Å². The molecule has 0 saturated carbocycles. The summed E-state index contributed by atoms with van der Waals surface area (Å²) in [5, 5.41) is 1.33. The van der Waals surface area contributed by atoms with Gasteiger partial charge in [0.1, 0.15) is 0 Å². The first-order valence-corrected chi connectivity index (χ1v) is 5.64. The minimum atomic E-state index is 0.101. The quantitative estimate of drug-likeness (QED) is 0.801. The summed E-state index contributed by atoms with van der Waals surface area (Å²) >= 11 is 1.85. The van der Waals surface area contributed by atoms with Crippen molar-refractivity contribution in [3.63, 3.8) is 0 Å². The molecule has 1 nitrogen and oxygen atoms in total. The molecular formula is C12H15NS. The van der Waals surface area contributed by atoms with Gasteiger partial charge in [-0.25, -0.2) is 0 Å². The topological polar surface area (TPSA) is 26.0 Å². The molecule has 2 N–H and O–H groups in total. The van der Waals surface area contributed by atoms with Crippen LogP contribution in [0, 0.1) is 0 Å². The van der Waals surface area contributed by atoms with Crippen molar-refractivity contribution in [2.24, 2.45) is 5.73 Å². The van der Waals surface area contributed by atoms with Crippen LogP contribution < -0.4 is 5.73 Å². The lowest BCUT2D eigenvalue weighted by molar-refractivity contribution is 0.551. The molecule has 0 spiro atoms. The summed E-state index contributed by atoms with van der Waals surface area (Å²) in [6.45, 7) is 5.08. The lowest BCUT2D eigenvalue weighted by atomic mass is 9.91. The Morgan fingerprint density at radius 3 is 2.64 bits per heavy atom. The Balaban J connectivity index is 2.55. The van der Waals surface area contributed by atoms with Crippen molar-refractivity contribution in [2.45, 2.75) is 19.3 Å². The Labute approximate surface area is 88.6 Å². The molecule has 0 aliphatic rings. The lowest BCUT2D eigenvalue weighted by Gasteiger charge is -2.19. The summed E-state index contributed by atoms with van der Waals surface area (Å²) in [5.74, 6) is 0. The number of rotatable bonds is 2. The van der Waals surface area contributed by atoms with E-state index in [1.54, 1.807) is 0 Å². The van der Waals surface area contributed by atoms with Gasteiger partial charge in [-0.15, -0.1) is 11.3 Å². The van der Waals surface area contributed by atoms with E-state index >= 15 is 0 Å². The van der Waals surface area contributed by atoms with Crippen molar-refractivity contribution < 1.29 is 0 Å². The zero-order chi connectivity index (χ0) is 10.2. The number of hydrogen-bond donors (Lipinski definition) is 1. The van der Waals surface area contributed by atoms with Crippen molar-refractivity contribution >= 4 is 21.4 Å². The summed E-state index contributed by atoms with van der Waals surface area (Å²) in [7, 11) is 0. The Kier molecular flexibility index (Phi) is 2.33. The molecule has 0 bridgehead atoms. The first-order valence-electron chi connectivity index (χ1n) is 4.82. The number of benzene rings is 1. The predicted molar refractivity (Wildman–Crippen MR) is 63.9 cm³/mol. The second-order valence-electron chi connectivity index (χ2n) is 4.24. The highest BCUT2D eigenvalue weighted by Crippen LogP contribution is 2.33. The van der Waals surface area contributed by atoms with E-state index in [1.165, 1.54) is 15.0 Å². The van der Waals surface area contributed by atoms with Crippen molar-refractivity contribution in [1.29, 1.82) is 0 Å².